The molecule has 0 bridgehead atoms. The number of carbonyl (C=O) groups is 1. The van der Waals surface area contributed by atoms with Crippen LogP contribution in [0.5, 0.6) is 0 Å². The lowest BCUT2D eigenvalue weighted by atomic mass is 9.84. The van der Waals surface area contributed by atoms with Crippen molar-refractivity contribution < 1.29 is 14.3 Å². The summed E-state index contributed by atoms with van der Waals surface area (Å²) >= 11 is 0. The highest BCUT2D eigenvalue weighted by Crippen LogP contribution is 2.42. The highest BCUT2D eigenvalue weighted by molar-refractivity contribution is 5.86. The molecule has 29 heavy (non-hydrogen) atoms. The van der Waals surface area contributed by atoms with E-state index in [0.717, 1.165) is 18.4 Å². The van der Waals surface area contributed by atoms with Crippen molar-refractivity contribution in [2.75, 3.05) is 0 Å². The molecule has 1 fully saturated rings. The van der Waals surface area contributed by atoms with Crippen molar-refractivity contribution in [2.24, 2.45) is 5.92 Å². The third-order valence-corrected chi connectivity index (χ3v) is 6.28. The molecule has 0 aromatic heterocycles. The van der Waals surface area contributed by atoms with Crippen molar-refractivity contribution in [2.45, 2.75) is 44.2 Å². The lowest BCUT2D eigenvalue weighted by molar-refractivity contribution is -0.138. The molecule has 3 nitrogen and oxygen atoms in total. The number of aliphatic carboxylic acids is 1. The fourth-order valence-electron chi connectivity index (χ4n) is 4.92. The van der Waals surface area contributed by atoms with E-state index in [-0.39, 0.29) is 36.2 Å². The first-order chi connectivity index (χ1) is 14.0. The predicted molar refractivity (Wildman–Crippen MR) is 113 cm³/mol. The van der Waals surface area contributed by atoms with Gasteiger partial charge < -0.3 is 10.4 Å². The van der Waals surface area contributed by atoms with E-state index < -0.39 is 5.97 Å². The Labute approximate surface area is 170 Å². The normalized spacial score (nSPS) is 22.6. The lowest BCUT2D eigenvalue weighted by Crippen LogP contribution is -2.36. The van der Waals surface area contributed by atoms with Crippen molar-refractivity contribution in [3.8, 4) is 0 Å². The molecule has 3 aromatic rings. The van der Waals surface area contributed by atoms with E-state index in [1.165, 1.54) is 28.5 Å². The molecular weight excluding hydrogens is 365 g/mol. The number of carboxylic acids is 1. The Morgan fingerprint density at radius 1 is 1.07 bits per heavy atom. The highest BCUT2D eigenvalue weighted by atomic mass is 19.1. The molecule has 150 valence electrons. The number of fused-ring (bicyclic) bond motifs is 1. The van der Waals surface area contributed by atoms with Crippen LogP contribution in [0.2, 0.25) is 0 Å². The maximum atomic E-state index is 13.3. The Bertz CT molecular complexity index is 996. The first-order valence-corrected chi connectivity index (χ1v) is 10.2. The molecule has 0 spiro atoms. The Hall–Kier alpha value is -2.72. The molecule has 4 rings (SSSR count). The smallest absolute Gasteiger partial charge is 0.303 e. The summed E-state index contributed by atoms with van der Waals surface area (Å²) in [5, 5.41) is 15.6. The minimum Gasteiger partial charge on any atom is -0.481 e. The topological polar surface area (TPSA) is 49.3 Å². The standard InChI is InChI=1S/C25H26FNO2/c1-16(20-8-4-6-17-5-2-3-7-21(17)20)27-24-14-13-22(23(24)15-25(28)29)18-9-11-19(26)12-10-18/h2-12,16,22-24,27H,13-15H2,1H3,(H,28,29)/t16-,22?,23?,24?/m1/s1. The summed E-state index contributed by atoms with van der Waals surface area (Å²) < 4.78 is 13.3. The van der Waals surface area contributed by atoms with Crippen LogP contribution in [0.4, 0.5) is 4.39 Å². The van der Waals surface area contributed by atoms with Crippen molar-refractivity contribution >= 4 is 16.7 Å². The summed E-state index contributed by atoms with van der Waals surface area (Å²) in [6.45, 7) is 2.14. The molecule has 3 unspecified atom stereocenters. The zero-order chi connectivity index (χ0) is 20.4. The Balaban J connectivity index is 1.58. The van der Waals surface area contributed by atoms with Gasteiger partial charge in [0.05, 0.1) is 6.42 Å². The number of hydrogen-bond donors (Lipinski definition) is 2. The molecule has 4 heteroatoms. The van der Waals surface area contributed by atoms with Gasteiger partial charge in [0.15, 0.2) is 0 Å². The molecular formula is C25H26FNO2. The molecule has 0 amide bonds. The van der Waals surface area contributed by atoms with Crippen LogP contribution in [-0.4, -0.2) is 17.1 Å². The summed E-state index contributed by atoms with van der Waals surface area (Å²) in [4.78, 5) is 11.6. The van der Waals surface area contributed by atoms with Crippen LogP contribution in [0.25, 0.3) is 10.8 Å². The molecule has 2 N–H and O–H groups in total. The largest absolute Gasteiger partial charge is 0.481 e. The van der Waals surface area contributed by atoms with E-state index in [4.69, 9.17) is 0 Å². The minimum atomic E-state index is -0.784. The van der Waals surface area contributed by atoms with Crippen molar-refractivity contribution in [1.29, 1.82) is 0 Å². The number of nitrogens with one attached hydrogen (secondary N) is 1. The first kappa shape index (κ1) is 19.6. The van der Waals surface area contributed by atoms with Gasteiger partial charge in [-0.25, -0.2) is 4.39 Å². The van der Waals surface area contributed by atoms with E-state index >= 15 is 0 Å². The molecule has 0 radical (unpaired) electrons. The van der Waals surface area contributed by atoms with Crippen LogP contribution in [0.1, 0.15) is 49.3 Å². The molecule has 1 aliphatic carbocycles. The Morgan fingerprint density at radius 3 is 2.55 bits per heavy atom. The lowest BCUT2D eigenvalue weighted by Gasteiger charge is -2.28. The summed E-state index contributed by atoms with van der Waals surface area (Å²) in [6.07, 6.45) is 1.93. The molecule has 0 saturated heterocycles. The average Bonchev–Trinajstić information content (AvgIpc) is 3.09. The van der Waals surface area contributed by atoms with E-state index in [1.807, 2.05) is 12.1 Å². The van der Waals surface area contributed by atoms with E-state index in [0.29, 0.717) is 0 Å². The molecule has 1 saturated carbocycles. The molecule has 1 aliphatic rings. The van der Waals surface area contributed by atoms with Crippen LogP contribution in [0, 0.1) is 11.7 Å². The van der Waals surface area contributed by atoms with Crippen molar-refractivity contribution in [3.63, 3.8) is 0 Å². The zero-order valence-corrected chi connectivity index (χ0v) is 16.5. The second-order valence-electron chi connectivity index (χ2n) is 8.06. The van der Waals surface area contributed by atoms with E-state index in [1.54, 1.807) is 12.1 Å². The van der Waals surface area contributed by atoms with Crippen LogP contribution >= 0.6 is 0 Å². The van der Waals surface area contributed by atoms with Crippen molar-refractivity contribution in [1.82, 2.24) is 5.32 Å². The monoisotopic (exact) mass is 391 g/mol. The quantitative estimate of drug-likeness (QED) is 0.569. The summed E-state index contributed by atoms with van der Waals surface area (Å²) in [5.41, 5.74) is 2.25. The maximum absolute atomic E-state index is 13.3. The van der Waals surface area contributed by atoms with E-state index in [9.17, 15) is 14.3 Å². The van der Waals surface area contributed by atoms with Crippen LogP contribution in [0.3, 0.4) is 0 Å². The maximum Gasteiger partial charge on any atom is 0.303 e. The van der Waals surface area contributed by atoms with Crippen LogP contribution in [-0.2, 0) is 4.79 Å². The highest BCUT2D eigenvalue weighted by Gasteiger charge is 2.38. The first-order valence-electron chi connectivity index (χ1n) is 10.2. The number of halogens is 1. The number of rotatable bonds is 6. The van der Waals surface area contributed by atoms with Gasteiger partial charge in [0.1, 0.15) is 5.82 Å². The van der Waals surface area contributed by atoms with Gasteiger partial charge in [0, 0.05) is 12.1 Å². The Kier molecular flexibility index (Phi) is 5.63. The van der Waals surface area contributed by atoms with Gasteiger partial charge in [-0.2, -0.15) is 0 Å². The van der Waals surface area contributed by atoms with Gasteiger partial charge in [0.25, 0.3) is 0 Å². The van der Waals surface area contributed by atoms with Gasteiger partial charge in [-0.1, -0.05) is 54.6 Å². The second kappa shape index (κ2) is 8.34. The minimum absolute atomic E-state index is 0.0182. The summed E-state index contributed by atoms with van der Waals surface area (Å²) in [5.74, 6) is -0.936. The fourth-order valence-corrected chi connectivity index (χ4v) is 4.92. The summed E-state index contributed by atoms with van der Waals surface area (Å²) in [6, 6.07) is 21.4. The Morgan fingerprint density at radius 2 is 1.79 bits per heavy atom. The molecule has 0 heterocycles. The van der Waals surface area contributed by atoms with Gasteiger partial charge >= 0.3 is 5.97 Å². The SMILES string of the molecule is C[C@@H](NC1CCC(c2ccc(F)cc2)C1CC(=O)O)c1cccc2ccccc12. The summed E-state index contributed by atoms with van der Waals surface area (Å²) in [7, 11) is 0. The fraction of sp³-hybridized carbons (Fsp3) is 0.320. The molecule has 4 atom stereocenters. The van der Waals surface area contributed by atoms with Gasteiger partial charge in [-0.3, -0.25) is 4.79 Å². The van der Waals surface area contributed by atoms with Gasteiger partial charge in [-0.15, -0.1) is 0 Å². The molecule has 3 aromatic carbocycles. The van der Waals surface area contributed by atoms with Crippen LogP contribution in [0.15, 0.2) is 66.7 Å². The average molecular weight is 391 g/mol. The second-order valence-corrected chi connectivity index (χ2v) is 8.06. The van der Waals surface area contributed by atoms with E-state index in [2.05, 4.69) is 42.6 Å². The zero-order valence-electron chi connectivity index (χ0n) is 16.5. The number of benzene rings is 3. The third-order valence-electron chi connectivity index (χ3n) is 6.28. The van der Waals surface area contributed by atoms with Crippen molar-refractivity contribution in [3.05, 3.63) is 83.7 Å². The number of carboxylic acid groups (broad SMARTS) is 1. The third kappa shape index (κ3) is 4.18. The van der Waals surface area contributed by atoms with Gasteiger partial charge in [-0.05, 0) is 65.6 Å². The van der Waals surface area contributed by atoms with Crippen LogP contribution < -0.4 is 5.32 Å². The molecule has 0 aliphatic heterocycles. The number of hydrogen-bond acceptors (Lipinski definition) is 2. The van der Waals surface area contributed by atoms with Gasteiger partial charge in [0.2, 0.25) is 0 Å². The predicted octanol–water partition coefficient (Wildman–Crippen LogP) is 5.67.